The first-order valence-corrected chi connectivity index (χ1v) is 5.51. The molecule has 0 bridgehead atoms. The summed E-state index contributed by atoms with van der Waals surface area (Å²) in [5.74, 6) is -0.219. The van der Waals surface area contributed by atoms with Crippen molar-refractivity contribution in [1.82, 2.24) is 9.88 Å². The first-order valence-electron chi connectivity index (χ1n) is 5.51. The van der Waals surface area contributed by atoms with Gasteiger partial charge in [0.25, 0.3) is 0 Å². The Morgan fingerprint density at radius 3 is 2.53 bits per heavy atom. The van der Waals surface area contributed by atoms with Crippen molar-refractivity contribution in [2.75, 3.05) is 11.9 Å². The van der Waals surface area contributed by atoms with E-state index in [0.29, 0.717) is 0 Å². The zero-order valence-corrected chi connectivity index (χ0v) is 10.2. The zero-order chi connectivity index (χ0) is 14.4. The van der Waals surface area contributed by atoms with Crippen LogP contribution in [0.3, 0.4) is 0 Å². The van der Waals surface area contributed by atoms with Gasteiger partial charge in [0.15, 0.2) is 6.23 Å². The number of pyridine rings is 1. The molecule has 2 heterocycles. The van der Waals surface area contributed by atoms with Crippen LogP contribution in [0.2, 0.25) is 0 Å². The van der Waals surface area contributed by atoms with E-state index in [1.807, 2.05) is 0 Å². The predicted molar refractivity (Wildman–Crippen MR) is 60.3 cm³/mol. The smallest absolute Gasteiger partial charge is 0.371 e. The molecule has 1 fully saturated rings. The average molecular weight is 275 g/mol. The lowest BCUT2D eigenvalue weighted by molar-refractivity contribution is -0.137. The zero-order valence-electron chi connectivity index (χ0n) is 10.2. The number of urea groups is 1. The van der Waals surface area contributed by atoms with Gasteiger partial charge in [-0.3, -0.25) is 0 Å². The summed E-state index contributed by atoms with van der Waals surface area (Å²) in [7, 11) is 1.46. The Kier molecular flexibility index (Phi) is 3.13. The SMILES string of the molecule is C[C@@H]1[C@H](O)N(c2cc(C(F)(F)F)ccn2)C(=O)N1C. The maximum atomic E-state index is 12.6. The van der Waals surface area contributed by atoms with Crippen molar-refractivity contribution >= 4 is 11.8 Å². The van der Waals surface area contributed by atoms with Crippen LogP contribution in [0.5, 0.6) is 0 Å². The van der Waals surface area contributed by atoms with Crippen molar-refractivity contribution in [3.05, 3.63) is 23.9 Å². The minimum Gasteiger partial charge on any atom is -0.371 e. The summed E-state index contributed by atoms with van der Waals surface area (Å²) in [4.78, 5) is 17.7. The number of carbonyl (C=O) groups is 1. The van der Waals surface area contributed by atoms with Crippen LogP contribution in [0.1, 0.15) is 12.5 Å². The van der Waals surface area contributed by atoms with Crippen molar-refractivity contribution in [2.45, 2.75) is 25.4 Å². The van der Waals surface area contributed by atoms with E-state index >= 15 is 0 Å². The minimum absolute atomic E-state index is 0.219. The van der Waals surface area contributed by atoms with E-state index in [2.05, 4.69) is 4.98 Å². The van der Waals surface area contributed by atoms with Crippen LogP contribution in [0.25, 0.3) is 0 Å². The summed E-state index contributed by atoms with van der Waals surface area (Å²) in [6.07, 6.45) is -4.79. The molecule has 8 heteroatoms. The lowest BCUT2D eigenvalue weighted by Crippen LogP contribution is -2.36. The number of hydrogen-bond donors (Lipinski definition) is 1. The van der Waals surface area contributed by atoms with Gasteiger partial charge in [-0.15, -0.1) is 0 Å². The highest BCUT2D eigenvalue weighted by molar-refractivity contribution is 5.94. The van der Waals surface area contributed by atoms with E-state index in [4.69, 9.17) is 0 Å². The first-order chi connectivity index (χ1) is 8.73. The van der Waals surface area contributed by atoms with Gasteiger partial charge in [0.2, 0.25) is 0 Å². The summed E-state index contributed by atoms with van der Waals surface area (Å²) in [5.41, 5.74) is -0.917. The molecule has 0 radical (unpaired) electrons. The summed E-state index contributed by atoms with van der Waals surface area (Å²) in [6.45, 7) is 1.59. The fourth-order valence-electron chi connectivity index (χ4n) is 1.83. The molecule has 1 aliphatic rings. The van der Waals surface area contributed by atoms with Gasteiger partial charge >= 0.3 is 12.2 Å². The number of rotatable bonds is 1. The van der Waals surface area contributed by atoms with Gasteiger partial charge < -0.3 is 10.0 Å². The normalized spacial score (nSPS) is 24.2. The van der Waals surface area contributed by atoms with Crippen LogP contribution in [0.15, 0.2) is 18.3 Å². The molecule has 19 heavy (non-hydrogen) atoms. The van der Waals surface area contributed by atoms with Crippen molar-refractivity contribution in [3.63, 3.8) is 0 Å². The standard InChI is InChI=1S/C11H12F3N3O2/c1-6-9(18)17(10(19)16(6)2)8-5-7(3-4-15-8)11(12,13)14/h3-6,9,18H,1-2H3/t6-,9+/m1/s1. The monoisotopic (exact) mass is 275 g/mol. The van der Waals surface area contributed by atoms with Gasteiger partial charge in [-0.2, -0.15) is 13.2 Å². The maximum absolute atomic E-state index is 12.6. The molecule has 0 unspecified atom stereocenters. The number of halogens is 3. The Hall–Kier alpha value is -1.83. The van der Waals surface area contributed by atoms with Crippen molar-refractivity contribution in [3.8, 4) is 0 Å². The number of aliphatic hydroxyl groups excluding tert-OH is 1. The minimum atomic E-state index is -4.52. The topological polar surface area (TPSA) is 56.7 Å². The van der Waals surface area contributed by atoms with Crippen LogP contribution >= 0.6 is 0 Å². The number of carbonyl (C=O) groups excluding carboxylic acids is 1. The Labute approximate surface area is 107 Å². The summed E-state index contributed by atoms with van der Waals surface area (Å²) in [6, 6.07) is 0.437. The fourth-order valence-corrected chi connectivity index (χ4v) is 1.83. The number of hydrogen-bond acceptors (Lipinski definition) is 3. The first kappa shape index (κ1) is 13.6. The Morgan fingerprint density at radius 1 is 1.42 bits per heavy atom. The van der Waals surface area contributed by atoms with Crippen LogP contribution < -0.4 is 4.90 Å². The van der Waals surface area contributed by atoms with E-state index in [9.17, 15) is 23.1 Å². The number of aliphatic hydroxyl groups is 1. The van der Waals surface area contributed by atoms with E-state index in [-0.39, 0.29) is 5.82 Å². The molecule has 0 saturated carbocycles. The van der Waals surface area contributed by atoms with Crippen LogP contribution in [-0.4, -0.2) is 40.3 Å². The summed E-state index contributed by atoms with van der Waals surface area (Å²) < 4.78 is 37.8. The van der Waals surface area contributed by atoms with Gasteiger partial charge in [0, 0.05) is 13.2 Å². The molecule has 2 rings (SSSR count). The molecule has 1 aromatic heterocycles. The second-order valence-corrected chi connectivity index (χ2v) is 4.32. The Bertz CT molecular complexity index is 506. The molecule has 104 valence electrons. The highest BCUT2D eigenvalue weighted by Gasteiger charge is 2.42. The van der Waals surface area contributed by atoms with E-state index in [0.717, 1.165) is 23.2 Å². The lowest BCUT2D eigenvalue weighted by atomic mass is 10.2. The molecule has 2 atom stereocenters. The van der Waals surface area contributed by atoms with E-state index < -0.39 is 30.0 Å². The third-order valence-corrected chi connectivity index (χ3v) is 3.13. The molecule has 1 saturated heterocycles. The highest BCUT2D eigenvalue weighted by Crippen LogP contribution is 2.32. The maximum Gasteiger partial charge on any atom is 0.416 e. The summed E-state index contributed by atoms with van der Waals surface area (Å²) in [5, 5.41) is 9.89. The number of amides is 2. The van der Waals surface area contributed by atoms with E-state index in [1.54, 1.807) is 6.92 Å². The molecule has 0 aromatic carbocycles. The van der Waals surface area contributed by atoms with Gasteiger partial charge in [-0.1, -0.05) is 0 Å². The Morgan fingerprint density at radius 2 is 2.05 bits per heavy atom. The number of anilines is 1. The quantitative estimate of drug-likeness (QED) is 0.848. The van der Waals surface area contributed by atoms with Gasteiger partial charge in [-0.05, 0) is 19.1 Å². The molecule has 5 nitrogen and oxygen atoms in total. The van der Waals surface area contributed by atoms with Crippen molar-refractivity contribution < 1.29 is 23.1 Å². The molecule has 2 amide bonds. The average Bonchev–Trinajstić information content (AvgIpc) is 2.53. The number of nitrogens with zero attached hydrogens (tertiary/aromatic N) is 3. The van der Waals surface area contributed by atoms with Gasteiger partial charge in [0.05, 0.1) is 11.6 Å². The second-order valence-electron chi connectivity index (χ2n) is 4.32. The largest absolute Gasteiger partial charge is 0.416 e. The van der Waals surface area contributed by atoms with E-state index in [1.165, 1.54) is 11.9 Å². The predicted octanol–water partition coefficient (Wildman–Crippen LogP) is 1.68. The van der Waals surface area contributed by atoms with Crippen LogP contribution in [0.4, 0.5) is 23.8 Å². The second kappa shape index (κ2) is 4.37. The summed E-state index contributed by atoms with van der Waals surface area (Å²) >= 11 is 0. The number of aromatic nitrogens is 1. The van der Waals surface area contributed by atoms with Crippen LogP contribution in [-0.2, 0) is 6.18 Å². The third-order valence-electron chi connectivity index (χ3n) is 3.13. The fraction of sp³-hybridized carbons (Fsp3) is 0.455. The molecule has 0 aliphatic carbocycles. The van der Waals surface area contributed by atoms with Crippen LogP contribution in [0, 0.1) is 0 Å². The molecule has 1 aromatic rings. The van der Waals surface area contributed by atoms with Gasteiger partial charge in [-0.25, -0.2) is 14.7 Å². The number of alkyl halides is 3. The molecule has 1 aliphatic heterocycles. The molecule has 0 spiro atoms. The van der Waals surface area contributed by atoms with Crippen molar-refractivity contribution in [2.24, 2.45) is 0 Å². The van der Waals surface area contributed by atoms with Crippen molar-refractivity contribution in [1.29, 1.82) is 0 Å². The molecular weight excluding hydrogens is 263 g/mol. The molecular formula is C11H12F3N3O2. The molecule has 1 N–H and O–H groups in total. The third kappa shape index (κ3) is 2.23. The number of likely N-dealkylation sites (N-methyl/N-ethyl adjacent to an activating group) is 1. The Balaban J connectivity index is 2.40. The lowest BCUT2D eigenvalue weighted by Gasteiger charge is -2.19. The highest BCUT2D eigenvalue weighted by atomic mass is 19.4. The van der Waals surface area contributed by atoms with Gasteiger partial charge in [0.1, 0.15) is 5.82 Å².